The van der Waals surface area contributed by atoms with Crippen LogP contribution in [0.3, 0.4) is 0 Å². The maximum Gasteiger partial charge on any atom is 0.224 e. The van der Waals surface area contributed by atoms with Gasteiger partial charge in [0.1, 0.15) is 0 Å². The summed E-state index contributed by atoms with van der Waals surface area (Å²) in [5.74, 6) is 0.0423. The SMILES string of the molecule is Cc1ccc(CC(=O)NCc2ccc(-n3ccnc3)cc2)c(C)c1. The number of hydrogen-bond donors (Lipinski definition) is 1. The first kappa shape index (κ1) is 16.0. The lowest BCUT2D eigenvalue weighted by Gasteiger charge is -2.09. The molecule has 1 amide bonds. The van der Waals surface area contributed by atoms with Gasteiger partial charge in [-0.05, 0) is 42.7 Å². The average Bonchev–Trinajstić information content (AvgIpc) is 3.11. The maximum absolute atomic E-state index is 12.2. The Hall–Kier alpha value is -2.88. The zero-order valence-corrected chi connectivity index (χ0v) is 14.0. The monoisotopic (exact) mass is 319 g/mol. The molecule has 0 aliphatic heterocycles. The zero-order valence-electron chi connectivity index (χ0n) is 14.0. The van der Waals surface area contributed by atoms with Gasteiger partial charge in [0.2, 0.25) is 5.91 Å². The van der Waals surface area contributed by atoms with E-state index in [-0.39, 0.29) is 5.91 Å². The molecule has 4 nitrogen and oxygen atoms in total. The Labute approximate surface area is 142 Å². The predicted molar refractivity (Wildman–Crippen MR) is 95.0 cm³/mol. The molecule has 2 aromatic carbocycles. The first-order valence-corrected chi connectivity index (χ1v) is 8.02. The highest BCUT2D eigenvalue weighted by molar-refractivity contribution is 5.78. The van der Waals surface area contributed by atoms with Gasteiger partial charge in [-0.1, -0.05) is 35.9 Å². The predicted octanol–water partition coefficient (Wildman–Crippen LogP) is 3.35. The summed E-state index contributed by atoms with van der Waals surface area (Å²) in [6.45, 7) is 4.64. The minimum Gasteiger partial charge on any atom is -0.352 e. The molecule has 0 saturated heterocycles. The van der Waals surface area contributed by atoms with Gasteiger partial charge in [-0.2, -0.15) is 0 Å². The lowest BCUT2D eigenvalue weighted by molar-refractivity contribution is -0.120. The molecule has 0 radical (unpaired) electrons. The first-order chi connectivity index (χ1) is 11.6. The lowest BCUT2D eigenvalue weighted by Crippen LogP contribution is -2.24. The molecule has 0 bridgehead atoms. The van der Waals surface area contributed by atoms with Crippen LogP contribution in [0, 0.1) is 13.8 Å². The number of carbonyl (C=O) groups excluding carboxylic acids is 1. The first-order valence-electron chi connectivity index (χ1n) is 8.02. The molecule has 0 aliphatic carbocycles. The third-order valence-corrected chi connectivity index (χ3v) is 4.08. The Balaban J connectivity index is 1.56. The second kappa shape index (κ2) is 7.13. The van der Waals surface area contributed by atoms with E-state index in [1.54, 1.807) is 12.5 Å². The van der Waals surface area contributed by atoms with E-state index in [4.69, 9.17) is 0 Å². The largest absolute Gasteiger partial charge is 0.352 e. The Morgan fingerprint density at radius 1 is 1.12 bits per heavy atom. The molecule has 3 rings (SSSR count). The molecule has 0 spiro atoms. The molecule has 4 heteroatoms. The van der Waals surface area contributed by atoms with E-state index >= 15 is 0 Å². The summed E-state index contributed by atoms with van der Waals surface area (Å²) in [5.41, 5.74) is 5.59. The minimum atomic E-state index is 0.0423. The number of amides is 1. The minimum absolute atomic E-state index is 0.0423. The van der Waals surface area contributed by atoms with Crippen molar-refractivity contribution in [2.24, 2.45) is 0 Å². The van der Waals surface area contributed by atoms with Gasteiger partial charge in [-0.15, -0.1) is 0 Å². The lowest BCUT2D eigenvalue weighted by atomic mass is 10.0. The number of nitrogens with one attached hydrogen (secondary N) is 1. The van der Waals surface area contributed by atoms with Gasteiger partial charge in [0.05, 0.1) is 12.7 Å². The van der Waals surface area contributed by atoms with Crippen molar-refractivity contribution >= 4 is 5.91 Å². The summed E-state index contributed by atoms with van der Waals surface area (Å²) in [6.07, 6.45) is 5.84. The van der Waals surface area contributed by atoms with Crippen molar-refractivity contribution in [2.75, 3.05) is 0 Å². The zero-order chi connectivity index (χ0) is 16.9. The van der Waals surface area contributed by atoms with E-state index in [1.807, 2.05) is 54.1 Å². The molecule has 0 unspecified atom stereocenters. The van der Waals surface area contributed by atoms with Gasteiger partial charge < -0.3 is 9.88 Å². The third kappa shape index (κ3) is 3.90. The van der Waals surface area contributed by atoms with Crippen molar-refractivity contribution in [1.82, 2.24) is 14.9 Å². The van der Waals surface area contributed by atoms with Crippen LogP contribution in [0.5, 0.6) is 0 Å². The second-order valence-electron chi connectivity index (χ2n) is 6.02. The van der Waals surface area contributed by atoms with Crippen molar-refractivity contribution in [1.29, 1.82) is 0 Å². The molecule has 3 aromatic rings. The number of carbonyl (C=O) groups is 1. The number of imidazole rings is 1. The van der Waals surface area contributed by atoms with Crippen LogP contribution in [0.25, 0.3) is 5.69 Å². The smallest absolute Gasteiger partial charge is 0.224 e. The van der Waals surface area contributed by atoms with Crippen molar-refractivity contribution in [3.05, 3.63) is 83.4 Å². The molecular weight excluding hydrogens is 298 g/mol. The van der Waals surface area contributed by atoms with E-state index < -0.39 is 0 Å². The highest BCUT2D eigenvalue weighted by atomic mass is 16.1. The summed E-state index contributed by atoms with van der Waals surface area (Å²) < 4.78 is 1.95. The number of aromatic nitrogens is 2. The third-order valence-electron chi connectivity index (χ3n) is 4.08. The summed E-state index contributed by atoms with van der Waals surface area (Å²) in [5, 5.41) is 2.99. The normalized spacial score (nSPS) is 10.6. The van der Waals surface area contributed by atoms with E-state index in [1.165, 1.54) is 5.56 Å². The fourth-order valence-corrected chi connectivity index (χ4v) is 2.68. The Morgan fingerprint density at radius 3 is 2.58 bits per heavy atom. The quantitative estimate of drug-likeness (QED) is 0.784. The maximum atomic E-state index is 12.2. The van der Waals surface area contributed by atoms with Crippen LogP contribution < -0.4 is 5.32 Å². The topological polar surface area (TPSA) is 46.9 Å². The van der Waals surface area contributed by atoms with Gasteiger partial charge in [0, 0.05) is 24.6 Å². The van der Waals surface area contributed by atoms with Crippen LogP contribution in [0.2, 0.25) is 0 Å². The van der Waals surface area contributed by atoms with Crippen LogP contribution in [0.1, 0.15) is 22.3 Å². The summed E-state index contributed by atoms with van der Waals surface area (Å²) in [6, 6.07) is 14.3. The molecule has 0 saturated carbocycles. The van der Waals surface area contributed by atoms with Crippen molar-refractivity contribution in [3.63, 3.8) is 0 Å². The van der Waals surface area contributed by atoms with E-state index in [9.17, 15) is 4.79 Å². The average molecular weight is 319 g/mol. The molecule has 1 N–H and O–H groups in total. The fourth-order valence-electron chi connectivity index (χ4n) is 2.68. The molecule has 0 aliphatic rings. The molecular formula is C20H21N3O. The number of hydrogen-bond acceptors (Lipinski definition) is 2. The highest BCUT2D eigenvalue weighted by Gasteiger charge is 2.06. The molecule has 0 atom stereocenters. The Kier molecular flexibility index (Phi) is 4.75. The highest BCUT2D eigenvalue weighted by Crippen LogP contribution is 2.12. The van der Waals surface area contributed by atoms with Crippen LogP contribution in [-0.2, 0) is 17.8 Å². The van der Waals surface area contributed by atoms with Crippen molar-refractivity contribution in [3.8, 4) is 5.69 Å². The standard InChI is InChI=1S/C20H21N3O/c1-15-3-6-18(16(2)11-15)12-20(24)22-13-17-4-7-19(8-5-17)23-10-9-21-14-23/h3-11,14H,12-13H2,1-2H3,(H,22,24). The van der Waals surface area contributed by atoms with Gasteiger partial charge in [-0.25, -0.2) is 4.98 Å². The Morgan fingerprint density at radius 2 is 1.92 bits per heavy atom. The van der Waals surface area contributed by atoms with Gasteiger partial charge in [-0.3, -0.25) is 4.79 Å². The van der Waals surface area contributed by atoms with Crippen LogP contribution >= 0.6 is 0 Å². The van der Waals surface area contributed by atoms with Crippen LogP contribution in [0.15, 0.2) is 61.2 Å². The number of benzene rings is 2. The van der Waals surface area contributed by atoms with Crippen molar-refractivity contribution < 1.29 is 4.79 Å². The van der Waals surface area contributed by atoms with Crippen molar-refractivity contribution in [2.45, 2.75) is 26.8 Å². The number of nitrogens with zero attached hydrogens (tertiary/aromatic N) is 2. The van der Waals surface area contributed by atoms with E-state index in [0.29, 0.717) is 13.0 Å². The molecule has 122 valence electrons. The van der Waals surface area contributed by atoms with Crippen LogP contribution in [0.4, 0.5) is 0 Å². The molecule has 0 fully saturated rings. The number of rotatable bonds is 5. The fraction of sp³-hybridized carbons (Fsp3) is 0.200. The van der Waals surface area contributed by atoms with E-state index in [2.05, 4.69) is 23.3 Å². The van der Waals surface area contributed by atoms with E-state index in [0.717, 1.165) is 22.4 Å². The van der Waals surface area contributed by atoms with Crippen LogP contribution in [-0.4, -0.2) is 15.5 Å². The van der Waals surface area contributed by atoms with Gasteiger partial charge >= 0.3 is 0 Å². The molecule has 1 heterocycles. The molecule has 1 aromatic heterocycles. The number of aryl methyl sites for hydroxylation is 2. The summed E-state index contributed by atoms with van der Waals surface area (Å²) in [4.78, 5) is 16.2. The van der Waals surface area contributed by atoms with Gasteiger partial charge in [0.15, 0.2) is 0 Å². The molecule has 24 heavy (non-hydrogen) atoms. The second-order valence-corrected chi connectivity index (χ2v) is 6.02. The Bertz CT molecular complexity index is 821. The van der Waals surface area contributed by atoms with Gasteiger partial charge in [0.25, 0.3) is 0 Å². The summed E-state index contributed by atoms with van der Waals surface area (Å²) >= 11 is 0. The summed E-state index contributed by atoms with van der Waals surface area (Å²) in [7, 11) is 0.